The van der Waals surface area contributed by atoms with Crippen molar-refractivity contribution in [2.24, 2.45) is 35.5 Å². The number of methoxy groups -OCH3 is 1. The molecule has 8 aliphatic carbocycles. The van der Waals surface area contributed by atoms with Crippen LogP contribution in [0.15, 0.2) is 12.1 Å². The Morgan fingerprint density at radius 3 is 1.65 bits per heavy atom. The number of hydrogen-bond donors (Lipinski definition) is 0. The zero-order chi connectivity index (χ0) is 20.8. The van der Waals surface area contributed by atoms with Crippen LogP contribution in [0.3, 0.4) is 0 Å². The third kappa shape index (κ3) is 2.94. The fourth-order valence-electron chi connectivity index (χ4n) is 10.7. The average Bonchev–Trinajstić information content (AvgIpc) is 2.70. The molecule has 8 aliphatic rings. The third-order valence-corrected chi connectivity index (χ3v) is 10.9. The first-order chi connectivity index (χ1) is 15.0. The molecule has 0 unspecified atom stereocenters. The van der Waals surface area contributed by atoms with E-state index in [2.05, 4.69) is 20.0 Å². The first kappa shape index (κ1) is 19.5. The second kappa shape index (κ2) is 6.78. The van der Waals surface area contributed by atoms with Gasteiger partial charge in [0.05, 0.1) is 0 Å². The van der Waals surface area contributed by atoms with Gasteiger partial charge in [0, 0.05) is 12.7 Å². The van der Waals surface area contributed by atoms with Crippen LogP contribution in [-0.4, -0.2) is 21.7 Å². The smallest absolute Gasteiger partial charge is 0.188 e. The molecule has 0 saturated heterocycles. The highest BCUT2D eigenvalue weighted by Crippen LogP contribution is 2.64. The standard InChI is InChI=1S/C28H39BO2/c1-30-16-31-26-24(28-13-20-5-21(14-28)7-22(6-20)15-28)8-23(9-25(26)29)27-10-17-2-18(11-27)4-19(3-17)12-27/h8-9,17-22H,2-7,10-16,29H2,1H3. The Hall–Kier alpha value is -0.955. The van der Waals surface area contributed by atoms with Crippen LogP contribution in [0.4, 0.5) is 0 Å². The highest BCUT2D eigenvalue weighted by atomic mass is 16.7. The molecule has 166 valence electrons. The van der Waals surface area contributed by atoms with E-state index in [4.69, 9.17) is 9.47 Å². The van der Waals surface area contributed by atoms with E-state index in [9.17, 15) is 0 Å². The predicted octanol–water partition coefficient (Wildman–Crippen LogP) is 4.86. The summed E-state index contributed by atoms with van der Waals surface area (Å²) >= 11 is 0. The quantitative estimate of drug-likeness (QED) is 0.502. The van der Waals surface area contributed by atoms with Gasteiger partial charge in [-0.2, -0.15) is 0 Å². The summed E-state index contributed by atoms with van der Waals surface area (Å²) in [5, 5.41) is 0. The van der Waals surface area contributed by atoms with E-state index in [0.717, 1.165) is 35.5 Å². The van der Waals surface area contributed by atoms with E-state index in [-0.39, 0.29) is 0 Å². The van der Waals surface area contributed by atoms with Crippen LogP contribution in [0, 0.1) is 35.5 Å². The van der Waals surface area contributed by atoms with Gasteiger partial charge >= 0.3 is 0 Å². The maximum atomic E-state index is 6.36. The average molecular weight is 418 g/mol. The van der Waals surface area contributed by atoms with Crippen LogP contribution >= 0.6 is 0 Å². The summed E-state index contributed by atoms with van der Waals surface area (Å²) < 4.78 is 11.7. The lowest BCUT2D eigenvalue weighted by Gasteiger charge is -2.59. The maximum absolute atomic E-state index is 6.36. The van der Waals surface area contributed by atoms with Crippen molar-refractivity contribution in [3.8, 4) is 5.75 Å². The molecule has 1 aromatic rings. The van der Waals surface area contributed by atoms with Crippen molar-refractivity contribution < 1.29 is 9.47 Å². The molecular formula is C28H39BO2. The summed E-state index contributed by atoms with van der Waals surface area (Å²) in [5.41, 5.74) is 5.50. The van der Waals surface area contributed by atoms with Gasteiger partial charge < -0.3 is 9.47 Å². The molecule has 8 bridgehead atoms. The molecule has 9 rings (SSSR count). The molecular weight excluding hydrogens is 379 g/mol. The lowest BCUT2D eigenvalue weighted by Crippen LogP contribution is -2.50. The Balaban J connectivity index is 1.35. The molecule has 3 heteroatoms. The molecule has 0 spiro atoms. The highest BCUT2D eigenvalue weighted by molar-refractivity contribution is 6.34. The molecule has 2 nitrogen and oxygen atoms in total. The van der Waals surface area contributed by atoms with E-state index >= 15 is 0 Å². The summed E-state index contributed by atoms with van der Waals surface area (Å²) in [6, 6.07) is 5.25. The lowest BCUT2D eigenvalue weighted by atomic mass is 9.46. The highest BCUT2D eigenvalue weighted by Gasteiger charge is 2.55. The molecule has 0 atom stereocenters. The van der Waals surface area contributed by atoms with Crippen molar-refractivity contribution >= 4 is 13.3 Å². The zero-order valence-electron chi connectivity index (χ0n) is 19.6. The van der Waals surface area contributed by atoms with Crippen LogP contribution in [0.5, 0.6) is 5.75 Å². The molecule has 1 aromatic carbocycles. The first-order valence-corrected chi connectivity index (χ1v) is 13.3. The van der Waals surface area contributed by atoms with Crippen molar-refractivity contribution in [3.05, 3.63) is 23.3 Å². The van der Waals surface area contributed by atoms with Crippen molar-refractivity contribution in [1.82, 2.24) is 0 Å². The minimum atomic E-state index is 0.372. The van der Waals surface area contributed by atoms with Gasteiger partial charge in [-0.3, -0.25) is 0 Å². The van der Waals surface area contributed by atoms with Crippen LogP contribution < -0.4 is 10.2 Å². The third-order valence-electron chi connectivity index (χ3n) is 10.9. The van der Waals surface area contributed by atoms with Crippen LogP contribution in [0.25, 0.3) is 0 Å². The summed E-state index contributed by atoms with van der Waals surface area (Å²) in [6.45, 7) is 0.372. The normalized spacial score (nSPS) is 46.6. The van der Waals surface area contributed by atoms with Gasteiger partial charge in [-0.15, -0.1) is 0 Å². The molecule has 0 N–H and O–H groups in total. The predicted molar refractivity (Wildman–Crippen MR) is 127 cm³/mol. The Morgan fingerprint density at radius 1 is 0.742 bits per heavy atom. The Labute approximate surface area is 189 Å². The fourth-order valence-corrected chi connectivity index (χ4v) is 10.7. The Bertz CT molecular complexity index is 819. The summed E-state index contributed by atoms with van der Waals surface area (Å²) in [7, 11) is 4.07. The van der Waals surface area contributed by atoms with Crippen molar-refractivity contribution in [2.45, 2.75) is 87.9 Å². The Morgan fingerprint density at radius 2 is 1.19 bits per heavy atom. The number of ether oxygens (including phenoxy) is 2. The second-order valence-electron chi connectivity index (χ2n) is 13.1. The monoisotopic (exact) mass is 418 g/mol. The van der Waals surface area contributed by atoms with Gasteiger partial charge in [0.15, 0.2) is 6.79 Å². The largest absolute Gasteiger partial charge is 0.468 e. The summed E-state index contributed by atoms with van der Waals surface area (Å²) in [5.74, 6) is 7.06. The number of benzene rings is 1. The molecule has 8 saturated carbocycles. The number of rotatable bonds is 5. The van der Waals surface area contributed by atoms with Crippen LogP contribution in [-0.2, 0) is 15.6 Å². The van der Waals surface area contributed by atoms with Gasteiger partial charge in [0.2, 0.25) is 0 Å². The second-order valence-corrected chi connectivity index (χ2v) is 13.1. The summed E-state index contributed by atoms with van der Waals surface area (Å²) in [4.78, 5) is 0. The SMILES string of the molecule is Bc1cc(C23CC4CC(CC(C4)C2)C3)cc(C23CC4CC(CC(C4)C2)C3)c1OCOC. The molecule has 0 aromatic heterocycles. The van der Waals surface area contributed by atoms with Gasteiger partial charge in [-0.25, -0.2) is 0 Å². The van der Waals surface area contributed by atoms with Crippen molar-refractivity contribution in [2.75, 3.05) is 13.9 Å². The van der Waals surface area contributed by atoms with E-state index in [1.54, 1.807) is 18.2 Å². The maximum Gasteiger partial charge on any atom is 0.188 e. The molecule has 0 radical (unpaired) electrons. The molecule has 0 amide bonds. The van der Waals surface area contributed by atoms with Crippen LogP contribution in [0.2, 0.25) is 0 Å². The van der Waals surface area contributed by atoms with Crippen LogP contribution in [0.1, 0.15) is 88.2 Å². The van der Waals surface area contributed by atoms with Gasteiger partial charge in [-0.05, 0) is 134 Å². The molecule has 0 heterocycles. The topological polar surface area (TPSA) is 18.5 Å². The fraction of sp³-hybridized carbons (Fsp3) is 0.786. The van der Waals surface area contributed by atoms with E-state index in [1.807, 2.05) is 0 Å². The van der Waals surface area contributed by atoms with E-state index in [0.29, 0.717) is 17.6 Å². The van der Waals surface area contributed by atoms with E-state index in [1.165, 1.54) is 88.3 Å². The van der Waals surface area contributed by atoms with Gasteiger partial charge in [0.1, 0.15) is 13.6 Å². The first-order valence-electron chi connectivity index (χ1n) is 13.3. The summed E-state index contributed by atoms with van der Waals surface area (Å²) in [6.07, 6.45) is 17.7. The van der Waals surface area contributed by atoms with Crippen molar-refractivity contribution in [1.29, 1.82) is 0 Å². The number of hydrogen-bond acceptors (Lipinski definition) is 2. The Kier molecular flexibility index (Phi) is 4.27. The minimum absolute atomic E-state index is 0.372. The lowest BCUT2D eigenvalue weighted by molar-refractivity contribution is -0.0108. The minimum Gasteiger partial charge on any atom is -0.468 e. The zero-order valence-corrected chi connectivity index (χ0v) is 19.6. The van der Waals surface area contributed by atoms with Gasteiger partial charge in [-0.1, -0.05) is 12.1 Å². The van der Waals surface area contributed by atoms with E-state index < -0.39 is 0 Å². The van der Waals surface area contributed by atoms with Crippen molar-refractivity contribution in [3.63, 3.8) is 0 Å². The molecule has 0 aliphatic heterocycles. The molecule has 8 fully saturated rings. The van der Waals surface area contributed by atoms with Gasteiger partial charge in [0.25, 0.3) is 0 Å². The molecule has 31 heavy (non-hydrogen) atoms.